The monoisotopic (exact) mass is 287 g/mol. The molecule has 1 N–H and O–H groups in total. The van der Waals surface area contributed by atoms with Gasteiger partial charge in [0, 0.05) is 19.1 Å². The van der Waals surface area contributed by atoms with Crippen molar-refractivity contribution < 1.29 is 9.90 Å². The fourth-order valence-electron chi connectivity index (χ4n) is 2.79. The summed E-state index contributed by atoms with van der Waals surface area (Å²) in [6, 6.07) is 2.06. The number of hydrogen-bond acceptors (Lipinski definition) is 3. The molecule has 0 spiro atoms. The molecule has 1 aromatic heterocycles. The zero-order valence-corrected chi connectivity index (χ0v) is 10.9. The van der Waals surface area contributed by atoms with E-state index in [4.69, 9.17) is 28.3 Å². The number of hydrogen-bond donors (Lipinski definition) is 1. The van der Waals surface area contributed by atoms with Gasteiger partial charge in [-0.1, -0.05) is 23.2 Å². The summed E-state index contributed by atoms with van der Waals surface area (Å²) in [6.45, 7) is 1.23. The van der Waals surface area contributed by atoms with Crippen molar-refractivity contribution in [3.63, 3.8) is 0 Å². The molecule has 1 amide bonds. The molecule has 2 aliphatic rings. The number of pyridine rings is 1. The highest BCUT2D eigenvalue weighted by molar-refractivity contribution is 6.41. The van der Waals surface area contributed by atoms with Crippen molar-refractivity contribution in [1.82, 2.24) is 9.88 Å². The minimum absolute atomic E-state index is 0.0713. The number of anilines is 1. The number of likely N-dealkylation sites (tertiary alicyclic amines) is 1. The number of halogens is 2. The van der Waals surface area contributed by atoms with Gasteiger partial charge in [0.1, 0.15) is 5.15 Å². The number of amides is 1. The smallest absolute Gasteiger partial charge is 0.407 e. The minimum Gasteiger partial charge on any atom is -0.465 e. The van der Waals surface area contributed by atoms with Crippen LogP contribution in [0.25, 0.3) is 0 Å². The van der Waals surface area contributed by atoms with E-state index in [1.54, 1.807) is 12.3 Å². The van der Waals surface area contributed by atoms with Crippen LogP contribution in [0.5, 0.6) is 0 Å². The minimum atomic E-state index is -0.839. The molecule has 5 nitrogen and oxygen atoms in total. The van der Waals surface area contributed by atoms with E-state index >= 15 is 0 Å². The first-order chi connectivity index (χ1) is 8.56. The number of carbonyl (C=O) groups is 1. The third-order valence-electron chi connectivity index (χ3n) is 3.60. The SMILES string of the molecule is O=C(O)N1C[C@H]2C[C@@H]1CN2c1cnc(Cl)c(Cl)c1. The highest BCUT2D eigenvalue weighted by atomic mass is 35.5. The van der Waals surface area contributed by atoms with E-state index in [-0.39, 0.29) is 17.2 Å². The second-order valence-corrected chi connectivity index (χ2v) is 5.36. The summed E-state index contributed by atoms with van der Waals surface area (Å²) in [4.78, 5) is 18.7. The molecule has 3 heterocycles. The van der Waals surface area contributed by atoms with Gasteiger partial charge in [-0.2, -0.15) is 0 Å². The first kappa shape index (κ1) is 11.9. The van der Waals surface area contributed by atoms with E-state index in [0.29, 0.717) is 18.1 Å². The van der Waals surface area contributed by atoms with Crippen LogP contribution in [0.1, 0.15) is 6.42 Å². The molecule has 1 aromatic rings. The number of rotatable bonds is 1. The molecule has 2 bridgehead atoms. The molecule has 0 saturated carbocycles. The quantitative estimate of drug-likeness (QED) is 0.806. The maximum Gasteiger partial charge on any atom is 0.407 e. The fraction of sp³-hybridized carbons (Fsp3) is 0.455. The third-order valence-corrected chi connectivity index (χ3v) is 4.29. The Labute approximate surface area is 114 Å². The summed E-state index contributed by atoms with van der Waals surface area (Å²) < 4.78 is 0. The Morgan fingerprint density at radius 1 is 1.39 bits per heavy atom. The molecule has 0 aromatic carbocycles. The van der Waals surface area contributed by atoms with Crippen molar-refractivity contribution in [3.05, 3.63) is 22.4 Å². The third kappa shape index (κ3) is 1.78. The van der Waals surface area contributed by atoms with Gasteiger partial charge in [-0.3, -0.25) is 0 Å². The Balaban J connectivity index is 1.81. The Bertz CT molecular complexity index is 511. The van der Waals surface area contributed by atoms with Crippen LogP contribution in [0, 0.1) is 0 Å². The average Bonchev–Trinajstić information content (AvgIpc) is 2.92. The average molecular weight is 288 g/mol. The van der Waals surface area contributed by atoms with Gasteiger partial charge in [0.25, 0.3) is 0 Å². The van der Waals surface area contributed by atoms with Gasteiger partial charge in [0.05, 0.1) is 22.9 Å². The van der Waals surface area contributed by atoms with E-state index < -0.39 is 6.09 Å². The highest BCUT2D eigenvalue weighted by Gasteiger charge is 2.45. The van der Waals surface area contributed by atoms with Crippen molar-refractivity contribution >= 4 is 35.0 Å². The lowest BCUT2D eigenvalue weighted by Gasteiger charge is -2.34. The Morgan fingerprint density at radius 2 is 2.17 bits per heavy atom. The topological polar surface area (TPSA) is 56.7 Å². The Morgan fingerprint density at radius 3 is 2.72 bits per heavy atom. The summed E-state index contributed by atoms with van der Waals surface area (Å²) in [6.07, 6.45) is 1.71. The maximum atomic E-state index is 11.0. The Kier molecular flexibility index (Phi) is 2.75. The van der Waals surface area contributed by atoms with Gasteiger partial charge in [-0.25, -0.2) is 9.78 Å². The van der Waals surface area contributed by atoms with Crippen molar-refractivity contribution in [2.75, 3.05) is 18.0 Å². The zero-order chi connectivity index (χ0) is 12.9. The van der Waals surface area contributed by atoms with Crippen molar-refractivity contribution in [2.24, 2.45) is 0 Å². The second kappa shape index (κ2) is 4.17. The van der Waals surface area contributed by atoms with Crippen molar-refractivity contribution in [1.29, 1.82) is 0 Å². The summed E-state index contributed by atoms with van der Waals surface area (Å²) in [7, 11) is 0. The number of nitrogens with zero attached hydrogens (tertiary/aromatic N) is 3. The molecule has 0 radical (unpaired) electrons. The summed E-state index contributed by atoms with van der Waals surface area (Å²) >= 11 is 11.7. The molecule has 0 unspecified atom stereocenters. The largest absolute Gasteiger partial charge is 0.465 e. The maximum absolute atomic E-state index is 11.0. The first-order valence-electron chi connectivity index (χ1n) is 5.63. The Hall–Kier alpha value is -1.20. The number of carboxylic acid groups (broad SMARTS) is 1. The molecule has 7 heteroatoms. The van der Waals surface area contributed by atoms with Gasteiger partial charge < -0.3 is 14.9 Å². The summed E-state index contributed by atoms with van der Waals surface area (Å²) in [5, 5.41) is 9.74. The van der Waals surface area contributed by atoms with E-state index in [2.05, 4.69) is 9.88 Å². The highest BCUT2D eigenvalue weighted by Crippen LogP contribution is 2.35. The van der Waals surface area contributed by atoms with Gasteiger partial charge >= 0.3 is 6.09 Å². The van der Waals surface area contributed by atoms with Crippen LogP contribution in [0.15, 0.2) is 12.3 Å². The number of piperazine rings is 1. The van der Waals surface area contributed by atoms with E-state index in [0.717, 1.165) is 12.1 Å². The van der Waals surface area contributed by atoms with Crippen LogP contribution in [0.3, 0.4) is 0 Å². The molecule has 2 aliphatic heterocycles. The molecular formula is C11H11Cl2N3O2. The van der Waals surface area contributed by atoms with Gasteiger partial charge in [0.15, 0.2) is 0 Å². The van der Waals surface area contributed by atoms with Crippen LogP contribution in [0.2, 0.25) is 10.2 Å². The molecule has 2 saturated heterocycles. The van der Waals surface area contributed by atoms with Crippen LogP contribution < -0.4 is 4.90 Å². The number of fused-ring (bicyclic) bond motifs is 2. The predicted molar refractivity (Wildman–Crippen MR) is 68.5 cm³/mol. The molecule has 2 atom stereocenters. The zero-order valence-electron chi connectivity index (χ0n) is 9.38. The van der Waals surface area contributed by atoms with E-state index in [1.165, 1.54) is 4.90 Å². The summed E-state index contributed by atoms with van der Waals surface area (Å²) in [5.74, 6) is 0. The molecule has 18 heavy (non-hydrogen) atoms. The lowest BCUT2D eigenvalue weighted by molar-refractivity contribution is 0.137. The lowest BCUT2D eigenvalue weighted by Crippen LogP contribution is -2.48. The van der Waals surface area contributed by atoms with Crippen LogP contribution in [-0.2, 0) is 0 Å². The van der Waals surface area contributed by atoms with Crippen molar-refractivity contribution in [3.8, 4) is 0 Å². The summed E-state index contributed by atoms with van der Waals surface area (Å²) in [5.41, 5.74) is 0.905. The van der Waals surface area contributed by atoms with Crippen LogP contribution in [-0.4, -0.2) is 46.3 Å². The van der Waals surface area contributed by atoms with Gasteiger partial charge in [-0.05, 0) is 12.5 Å². The van der Waals surface area contributed by atoms with Gasteiger partial charge in [0.2, 0.25) is 0 Å². The molecule has 2 fully saturated rings. The number of aromatic nitrogens is 1. The van der Waals surface area contributed by atoms with Gasteiger partial charge in [-0.15, -0.1) is 0 Å². The fourth-order valence-corrected chi connectivity index (χ4v) is 3.05. The normalized spacial score (nSPS) is 25.9. The molecular weight excluding hydrogens is 277 g/mol. The predicted octanol–water partition coefficient (Wildman–Crippen LogP) is 2.33. The van der Waals surface area contributed by atoms with Crippen LogP contribution >= 0.6 is 23.2 Å². The van der Waals surface area contributed by atoms with E-state index in [1.807, 2.05) is 0 Å². The standard InChI is InChI=1S/C11H11Cl2N3O2/c12-9-2-6(3-14-10(9)13)15-4-8-1-7(15)5-16(8)11(17)18/h2-3,7-8H,1,4-5H2,(H,17,18)/t7-,8-/m1/s1. The molecule has 0 aliphatic carbocycles. The lowest BCUT2D eigenvalue weighted by atomic mass is 10.2. The van der Waals surface area contributed by atoms with E-state index in [9.17, 15) is 4.79 Å². The first-order valence-corrected chi connectivity index (χ1v) is 6.39. The second-order valence-electron chi connectivity index (χ2n) is 4.60. The van der Waals surface area contributed by atoms with Crippen molar-refractivity contribution in [2.45, 2.75) is 18.5 Å². The molecule has 3 rings (SSSR count). The van der Waals surface area contributed by atoms with Crippen LogP contribution in [0.4, 0.5) is 10.5 Å². The molecule has 96 valence electrons.